The van der Waals surface area contributed by atoms with Crippen molar-refractivity contribution in [2.45, 2.75) is 20.0 Å². The van der Waals surface area contributed by atoms with E-state index in [1.807, 2.05) is 18.2 Å². The highest BCUT2D eigenvalue weighted by molar-refractivity contribution is 9.10. The van der Waals surface area contributed by atoms with Gasteiger partial charge in [0, 0.05) is 33.5 Å². The second kappa shape index (κ2) is 6.36. The van der Waals surface area contributed by atoms with Gasteiger partial charge in [0.25, 0.3) is 0 Å². The lowest BCUT2D eigenvalue weighted by molar-refractivity contribution is 0.274. The molecule has 0 aliphatic heterocycles. The van der Waals surface area contributed by atoms with Crippen molar-refractivity contribution >= 4 is 33.0 Å². The molecule has 0 amide bonds. The van der Waals surface area contributed by atoms with Gasteiger partial charge in [-0.15, -0.1) is 11.3 Å². The number of hydrogen-bond donors (Lipinski definition) is 1. The molecule has 0 atom stereocenters. The molecule has 0 fully saturated rings. The number of nitrogens with zero attached hydrogens (tertiary/aromatic N) is 1. The Labute approximate surface area is 121 Å². The van der Waals surface area contributed by atoms with Gasteiger partial charge in [0.05, 0.1) is 0 Å². The third-order valence-corrected chi connectivity index (χ3v) is 4.58. The van der Waals surface area contributed by atoms with E-state index >= 15 is 0 Å². The van der Waals surface area contributed by atoms with E-state index in [9.17, 15) is 0 Å². The zero-order valence-electron chi connectivity index (χ0n) is 10.4. The predicted molar refractivity (Wildman–Crippen MR) is 82.7 cm³/mol. The summed E-state index contributed by atoms with van der Waals surface area (Å²) in [5.41, 5.74) is 8.07. The Morgan fingerprint density at radius 3 is 2.67 bits per heavy atom. The average molecular weight is 325 g/mol. The van der Waals surface area contributed by atoms with Gasteiger partial charge in [-0.05, 0) is 40.2 Å². The molecule has 96 valence electrons. The Kier molecular flexibility index (Phi) is 4.80. The molecule has 0 bridgehead atoms. The van der Waals surface area contributed by atoms with Gasteiger partial charge in [-0.3, -0.25) is 4.90 Å². The van der Waals surface area contributed by atoms with Crippen molar-refractivity contribution in [2.24, 2.45) is 0 Å². The Hall–Kier alpha value is -0.840. The number of halogens is 1. The number of rotatable bonds is 5. The smallest absolute Gasteiger partial charge is 0.0359 e. The number of nitrogen functional groups attached to an aromatic ring is 1. The van der Waals surface area contributed by atoms with Gasteiger partial charge < -0.3 is 5.73 Å². The second-order valence-electron chi connectivity index (χ2n) is 4.23. The number of anilines is 1. The molecular weight excluding hydrogens is 308 g/mol. The van der Waals surface area contributed by atoms with Crippen molar-refractivity contribution in [1.29, 1.82) is 0 Å². The SMILES string of the molecule is CCN(Cc1cc(Br)cs1)Cc1ccccc1N. The molecule has 0 aliphatic rings. The van der Waals surface area contributed by atoms with Crippen molar-refractivity contribution in [2.75, 3.05) is 12.3 Å². The number of hydrogen-bond acceptors (Lipinski definition) is 3. The van der Waals surface area contributed by atoms with Crippen LogP contribution in [0.5, 0.6) is 0 Å². The lowest BCUT2D eigenvalue weighted by Gasteiger charge is -2.20. The Balaban J connectivity index is 2.04. The summed E-state index contributed by atoms with van der Waals surface area (Å²) in [4.78, 5) is 3.77. The molecule has 0 saturated carbocycles. The summed E-state index contributed by atoms with van der Waals surface area (Å²) in [6.07, 6.45) is 0. The Bertz CT molecular complexity index is 510. The quantitative estimate of drug-likeness (QED) is 0.838. The predicted octanol–water partition coefficient (Wildman–Crippen LogP) is 4.11. The highest BCUT2D eigenvalue weighted by Crippen LogP contribution is 2.22. The molecule has 2 rings (SSSR count). The normalized spacial score (nSPS) is 11.1. The standard InChI is InChI=1S/C14H17BrN2S/c1-2-17(9-13-7-12(15)10-18-13)8-11-5-3-4-6-14(11)16/h3-7,10H,2,8-9,16H2,1H3. The third-order valence-electron chi connectivity index (χ3n) is 2.90. The molecule has 2 nitrogen and oxygen atoms in total. The van der Waals surface area contributed by atoms with Gasteiger partial charge in [-0.25, -0.2) is 0 Å². The lowest BCUT2D eigenvalue weighted by atomic mass is 10.1. The van der Waals surface area contributed by atoms with Crippen LogP contribution in [-0.2, 0) is 13.1 Å². The lowest BCUT2D eigenvalue weighted by Crippen LogP contribution is -2.22. The highest BCUT2D eigenvalue weighted by Gasteiger charge is 2.08. The molecule has 0 unspecified atom stereocenters. The van der Waals surface area contributed by atoms with Crippen molar-refractivity contribution < 1.29 is 0 Å². The van der Waals surface area contributed by atoms with Crippen LogP contribution < -0.4 is 5.73 Å². The van der Waals surface area contributed by atoms with Crippen molar-refractivity contribution in [3.63, 3.8) is 0 Å². The maximum atomic E-state index is 5.99. The molecule has 0 radical (unpaired) electrons. The van der Waals surface area contributed by atoms with E-state index in [2.05, 4.69) is 45.3 Å². The van der Waals surface area contributed by atoms with E-state index in [4.69, 9.17) is 5.73 Å². The molecule has 0 aliphatic carbocycles. The van der Waals surface area contributed by atoms with Crippen LogP contribution >= 0.6 is 27.3 Å². The number of para-hydroxylation sites is 1. The van der Waals surface area contributed by atoms with E-state index < -0.39 is 0 Å². The first-order valence-electron chi connectivity index (χ1n) is 5.97. The molecule has 18 heavy (non-hydrogen) atoms. The van der Waals surface area contributed by atoms with E-state index in [-0.39, 0.29) is 0 Å². The minimum atomic E-state index is 0.878. The maximum Gasteiger partial charge on any atom is 0.0359 e. The molecule has 0 spiro atoms. The highest BCUT2D eigenvalue weighted by atomic mass is 79.9. The molecular formula is C14H17BrN2S. The van der Waals surface area contributed by atoms with Gasteiger partial charge in [-0.2, -0.15) is 0 Å². The Morgan fingerprint density at radius 1 is 1.28 bits per heavy atom. The van der Waals surface area contributed by atoms with Gasteiger partial charge >= 0.3 is 0 Å². The second-order valence-corrected chi connectivity index (χ2v) is 6.14. The summed E-state index contributed by atoms with van der Waals surface area (Å²) >= 11 is 5.28. The maximum absolute atomic E-state index is 5.99. The van der Waals surface area contributed by atoms with Crippen molar-refractivity contribution in [3.8, 4) is 0 Å². The van der Waals surface area contributed by atoms with E-state index in [1.54, 1.807) is 11.3 Å². The van der Waals surface area contributed by atoms with Crippen LogP contribution in [0, 0.1) is 0 Å². The van der Waals surface area contributed by atoms with E-state index in [0.717, 1.165) is 29.8 Å². The summed E-state index contributed by atoms with van der Waals surface area (Å²) in [6.45, 7) is 5.07. The molecule has 4 heteroatoms. The van der Waals surface area contributed by atoms with Crippen LogP contribution in [0.2, 0.25) is 0 Å². The van der Waals surface area contributed by atoms with Crippen LogP contribution in [0.15, 0.2) is 40.2 Å². The fourth-order valence-corrected chi connectivity index (χ4v) is 3.35. The van der Waals surface area contributed by atoms with Gasteiger partial charge in [0.1, 0.15) is 0 Å². The molecule has 2 N–H and O–H groups in total. The van der Waals surface area contributed by atoms with E-state index in [0.29, 0.717) is 0 Å². The number of thiophene rings is 1. The third kappa shape index (κ3) is 3.57. The summed E-state index contributed by atoms with van der Waals surface area (Å²) < 4.78 is 1.16. The van der Waals surface area contributed by atoms with Crippen LogP contribution in [0.4, 0.5) is 5.69 Å². The minimum Gasteiger partial charge on any atom is -0.398 e. The van der Waals surface area contributed by atoms with Crippen LogP contribution in [-0.4, -0.2) is 11.4 Å². The fourth-order valence-electron chi connectivity index (χ4n) is 1.86. The zero-order valence-corrected chi connectivity index (χ0v) is 12.8. The molecule has 0 saturated heterocycles. The summed E-state index contributed by atoms with van der Waals surface area (Å²) in [7, 11) is 0. The van der Waals surface area contributed by atoms with Crippen molar-refractivity contribution in [3.05, 3.63) is 50.6 Å². The average Bonchev–Trinajstić information content (AvgIpc) is 2.76. The van der Waals surface area contributed by atoms with E-state index in [1.165, 1.54) is 10.4 Å². The summed E-state index contributed by atoms with van der Waals surface area (Å²) in [6, 6.07) is 10.3. The summed E-state index contributed by atoms with van der Waals surface area (Å²) in [5, 5.41) is 2.13. The van der Waals surface area contributed by atoms with Crippen molar-refractivity contribution in [1.82, 2.24) is 4.90 Å². The molecule has 2 aromatic rings. The monoisotopic (exact) mass is 324 g/mol. The number of nitrogens with two attached hydrogens (primary N) is 1. The molecule has 1 heterocycles. The number of benzene rings is 1. The molecule has 1 aromatic carbocycles. The topological polar surface area (TPSA) is 29.3 Å². The largest absolute Gasteiger partial charge is 0.398 e. The van der Waals surface area contributed by atoms with Crippen LogP contribution in [0.1, 0.15) is 17.4 Å². The van der Waals surface area contributed by atoms with Crippen LogP contribution in [0.3, 0.4) is 0 Å². The molecule has 1 aromatic heterocycles. The van der Waals surface area contributed by atoms with Gasteiger partial charge in [0.15, 0.2) is 0 Å². The first kappa shape index (κ1) is 13.6. The first-order chi connectivity index (χ1) is 8.69. The zero-order chi connectivity index (χ0) is 13.0. The first-order valence-corrected chi connectivity index (χ1v) is 7.65. The Morgan fingerprint density at radius 2 is 2.06 bits per heavy atom. The minimum absolute atomic E-state index is 0.878. The van der Waals surface area contributed by atoms with Crippen LogP contribution in [0.25, 0.3) is 0 Å². The fraction of sp³-hybridized carbons (Fsp3) is 0.286. The van der Waals surface area contributed by atoms with Gasteiger partial charge in [-0.1, -0.05) is 25.1 Å². The van der Waals surface area contributed by atoms with Gasteiger partial charge in [0.2, 0.25) is 0 Å². The summed E-state index contributed by atoms with van der Waals surface area (Å²) in [5.74, 6) is 0.